The van der Waals surface area contributed by atoms with Gasteiger partial charge in [0.05, 0.1) is 5.56 Å². The predicted molar refractivity (Wildman–Crippen MR) is 48.5 cm³/mol. The van der Waals surface area contributed by atoms with Crippen molar-refractivity contribution in [1.82, 2.24) is 5.32 Å². The van der Waals surface area contributed by atoms with Crippen LogP contribution >= 0.6 is 0 Å². The summed E-state index contributed by atoms with van der Waals surface area (Å²) in [5.74, 6) is -2.40. The molecular weight excluding hydrogens is 252 g/mol. The number of carbonyl (C=O) groups excluding carboxylic acids is 1. The standard InChI is InChI=1S/C8H7BF4NO.K/c1-14-8(15)5-3-2-4-6(7(5)10)9(11,12)13;/h2-4H,1H3,(H,14,15);/q-1;+1. The second-order valence-corrected chi connectivity index (χ2v) is 2.86. The summed E-state index contributed by atoms with van der Waals surface area (Å²) in [6.07, 6.45) is 0. The van der Waals surface area contributed by atoms with Crippen LogP contribution in [0.4, 0.5) is 17.3 Å². The summed E-state index contributed by atoms with van der Waals surface area (Å²) in [7, 11) is 1.22. The fraction of sp³-hybridized carbons (Fsp3) is 0.125. The Kier molecular flexibility index (Phi) is 6.20. The van der Waals surface area contributed by atoms with Crippen LogP contribution in [0.3, 0.4) is 0 Å². The van der Waals surface area contributed by atoms with Gasteiger partial charge < -0.3 is 18.3 Å². The molecule has 0 bridgehead atoms. The quantitative estimate of drug-likeness (QED) is 0.495. The molecule has 1 aromatic carbocycles. The predicted octanol–water partition coefficient (Wildman–Crippen LogP) is -1.76. The van der Waals surface area contributed by atoms with Crippen molar-refractivity contribution in [3.05, 3.63) is 29.6 Å². The molecule has 0 fully saturated rings. The van der Waals surface area contributed by atoms with Gasteiger partial charge >= 0.3 is 58.4 Å². The van der Waals surface area contributed by atoms with Crippen molar-refractivity contribution in [2.75, 3.05) is 7.05 Å². The molecule has 1 amide bonds. The van der Waals surface area contributed by atoms with Gasteiger partial charge in [0.25, 0.3) is 5.91 Å². The first-order valence-electron chi connectivity index (χ1n) is 4.08. The molecule has 0 heterocycles. The molecule has 0 radical (unpaired) electrons. The fourth-order valence-electron chi connectivity index (χ4n) is 1.11. The average Bonchev–Trinajstić information content (AvgIpc) is 2.15. The van der Waals surface area contributed by atoms with E-state index in [1.54, 1.807) is 0 Å². The molecule has 82 valence electrons. The number of rotatable bonds is 2. The average molecular weight is 259 g/mol. The van der Waals surface area contributed by atoms with E-state index >= 15 is 0 Å². The van der Waals surface area contributed by atoms with Crippen molar-refractivity contribution in [2.24, 2.45) is 0 Å². The number of halogens is 4. The summed E-state index contributed by atoms with van der Waals surface area (Å²) in [5.41, 5.74) is -1.98. The topological polar surface area (TPSA) is 29.1 Å². The van der Waals surface area contributed by atoms with Crippen LogP contribution in [0, 0.1) is 5.82 Å². The Labute approximate surface area is 132 Å². The molecule has 1 aromatic rings. The van der Waals surface area contributed by atoms with E-state index < -0.39 is 29.7 Å². The number of hydrogen-bond acceptors (Lipinski definition) is 1. The normalized spacial score (nSPS) is 10.6. The van der Waals surface area contributed by atoms with E-state index in [1.807, 2.05) is 0 Å². The van der Waals surface area contributed by atoms with Crippen LogP contribution in [0.5, 0.6) is 0 Å². The summed E-state index contributed by atoms with van der Waals surface area (Å²) < 4.78 is 50.1. The van der Waals surface area contributed by atoms with Crippen LogP contribution in [0.15, 0.2) is 18.2 Å². The van der Waals surface area contributed by atoms with Gasteiger partial charge in [0.1, 0.15) is 5.82 Å². The summed E-state index contributed by atoms with van der Waals surface area (Å²) in [4.78, 5) is 11.0. The molecule has 8 heteroatoms. The van der Waals surface area contributed by atoms with Crippen molar-refractivity contribution < 1.29 is 73.5 Å². The van der Waals surface area contributed by atoms with Gasteiger partial charge in [0.15, 0.2) is 0 Å². The minimum atomic E-state index is -5.44. The van der Waals surface area contributed by atoms with E-state index in [9.17, 15) is 22.1 Å². The molecule has 0 saturated heterocycles. The van der Waals surface area contributed by atoms with Gasteiger partial charge in [0, 0.05) is 7.05 Å². The number of hydrogen-bond donors (Lipinski definition) is 1. The van der Waals surface area contributed by atoms with Crippen molar-refractivity contribution in [3.8, 4) is 0 Å². The number of nitrogens with one attached hydrogen (secondary N) is 1. The minimum Gasteiger partial charge on any atom is -0.445 e. The summed E-state index contributed by atoms with van der Waals surface area (Å²) in [5, 5.41) is 2.06. The van der Waals surface area contributed by atoms with Crippen LogP contribution in [0.25, 0.3) is 0 Å². The second kappa shape index (κ2) is 6.15. The maximum absolute atomic E-state index is 13.2. The number of carbonyl (C=O) groups is 1. The van der Waals surface area contributed by atoms with Gasteiger partial charge in [-0.05, 0) is 6.07 Å². The Bertz CT molecular complexity index is 396. The molecule has 0 aliphatic carbocycles. The first kappa shape index (κ1) is 16.1. The van der Waals surface area contributed by atoms with Crippen molar-refractivity contribution in [3.63, 3.8) is 0 Å². The summed E-state index contributed by atoms with van der Waals surface area (Å²) in [6, 6.07) is 2.61. The molecule has 0 unspecified atom stereocenters. The van der Waals surface area contributed by atoms with Crippen LogP contribution in [0.2, 0.25) is 0 Å². The molecule has 16 heavy (non-hydrogen) atoms. The molecule has 0 saturated carbocycles. The maximum atomic E-state index is 13.2. The molecule has 0 aliphatic rings. The monoisotopic (exact) mass is 259 g/mol. The fourth-order valence-corrected chi connectivity index (χ4v) is 1.11. The Morgan fingerprint density at radius 1 is 1.31 bits per heavy atom. The first-order chi connectivity index (χ1) is 6.88. The van der Waals surface area contributed by atoms with Crippen LogP contribution in [-0.2, 0) is 0 Å². The number of amides is 1. The smallest absolute Gasteiger partial charge is 0.445 e. The molecule has 0 aliphatic heterocycles. The van der Waals surface area contributed by atoms with Gasteiger partial charge in [-0.25, -0.2) is 4.39 Å². The van der Waals surface area contributed by atoms with E-state index in [2.05, 4.69) is 5.32 Å². The van der Waals surface area contributed by atoms with Crippen molar-refractivity contribution in [2.45, 2.75) is 0 Å². The van der Waals surface area contributed by atoms with E-state index in [0.717, 1.165) is 12.1 Å². The molecular formula is C8H7BF4KNO. The molecule has 2 nitrogen and oxygen atoms in total. The molecule has 0 spiro atoms. The maximum Gasteiger partial charge on any atom is 1.00 e. The van der Waals surface area contributed by atoms with Crippen LogP contribution in [0.1, 0.15) is 10.4 Å². The van der Waals surface area contributed by atoms with Gasteiger partial charge in [-0.15, -0.1) is 0 Å². The Hall–Kier alpha value is 0.111. The zero-order valence-electron chi connectivity index (χ0n) is 8.73. The molecule has 1 N–H and O–H groups in total. The Morgan fingerprint density at radius 3 is 2.31 bits per heavy atom. The molecule has 0 atom stereocenters. The SMILES string of the molecule is CNC(=O)c1cccc([B-](F)(F)F)c1F.[K+]. The first-order valence-corrected chi connectivity index (χ1v) is 4.08. The second-order valence-electron chi connectivity index (χ2n) is 2.86. The zero-order chi connectivity index (χ0) is 11.6. The van der Waals surface area contributed by atoms with Crippen molar-refractivity contribution >= 4 is 18.3 Å². The van der Waals surface area contributed by atoms with Gasteiger partial charge in [-0.2, -0.15) is 0 Å². The largest absolute Gasteiger partial charge is 1.00 e. The summed E-state index contributed by atoms with van der Waals surface area (Å²) >= 11 is 0. The zero-order valence-corrected chi connectivity index (χ0v) is 11.9. The summed E-state index contributed by atoms with van der Waals surface area (Å²) in [6.45, 7) is -5.44. The molecule has 0 aromatic heterocycles. The Morgan fingerprint density at radius 2 is 1.88 bits per heavy atom. The molecule has 1 rings (SSSR count). The van der Waals surface area contributed by atoms with Gasteiger partial charge in [-0.3, -0.25) is 4.79 Å². The number of benzene rings is 1. The van der Waals surface area contributed by atoms with Gasteiger partial charge in [-0.1, -0.05) is 17.6 Å². The van der Waals surface area contributed by atoms with E-state index in [-0.39, 0.29) is 51.4 Å². The van der Waals surface area contributed by atoms with E-state index in [0.29, 0.717) is 6.07 Å². The van der Waals surface area contributed by atoms with Crippen LogP contribution in [-0.4, -0.2) is 19.9 Å². The van der Waals surface area contributed by atoms with E-state index in [4.69, 9.17) is 0 Å². The third-order valence-electron chi connectivity index (χ3n) is 1.85. The van der Waals surface area contributed by atoms with Crippen LogP contribution < -0.4 is 62.2 Å². The van der Waals surface area contributed by atoms with Gasteiger partial charge in [0.2, 0.25) is 0 Å². The third-order valence-corrected chi connectivity index (χ3v) is 1.85. The minimum absolute atomic E-state index is 0. The Balaban J connectivity index is 0.00000225. The van der Waals surface area contributed by atoms with E-state index in [1.165, 1.54) is 7.05 Å². The third kappa shape index (κ3) is 3.56. The van der Waals surface area contributed by atoms with Crippen molar-refractivity contribution in [1.29, 1.82) is 0 Å².